The van der Waals surface area contributed by atoms with E-state index in [4.69, 9.17) is 5.73 Å². The lowest BCUT2D eigenvalue weighted by Gasteiger charge is -2.35. The normalized spacial score (nSPS) is 15.8. The lowest BCUT2D eigenvalue weighted by Crippen LogP contribution is -2.51. The van der Waals surface area contributed by atoms with Gasteiger partial charge in [-0.2, -0.15) is 5.10 Å². The van der Waals surface area contributed by atoms with Gasteiger partial charge in [-0.15, -0.1) is 0 Å². The molecule has 1 aliphatic heterocycles. The third-order valence-electron chi connectivity index (χ3n) is 4.36. The number of hydrogen-bond donors (Lipinski definition) is 1. The number of rotatable bonds is 3. The molecule has 1 saturated heterocycles. The van der Waals surface area contributed by atoms with Gasteiger partial charge in [-0.1, -0.05) is 6.07 Å². The Morgan fingerprint density at radius 2 is 1.88 bits per heavy atom. The second-order valence-electron chi connectivity index (χ2n) is 5.90. The summed E-state index contributed by atoms with van der Waals surface area (Å²) in [5.41, 5.74) is 8.32. The van der Waals surface area contributed by atoms with Crippen LogP contribution in [-0.4, -0.2) is 56.6 Å². The topological polar surface area (TPSA) is 87.9 Å². The van der Waals surface area contributed by atoms with Gasteiger partial charge in [-0.05, 0) is 18.2 Å². The Hall–Kier alpha value is -3.16. The van der Waals surface area contributed by atoms with E-state index in [-0.39, 0.29) is 0 Å². The highest BCUT2D eigenvalue weighted by molar-refractivity contribution is 5.78. The molecule has 0 spiro atoms. The van der Waals surface area contributed by atoms with Crippen molar-refractivity contribution in [1.29, 1.82) is 0 Å². The van der Waals surface area contributed by atoms with E-state index in [1.807, 2.05) is 41.2 Å². The molecule has 8 nitrogen and oxygen atoms in total. The Kier molecular flexibility index (Phi) is 4.16. The van der Waals surface area contributed by atoms with Gasteiger partial charge in [0, 0.05) is 50.3 Å². The number of aromatic nitrogens is 4. The van der Waals surface area contributed by atoms with Crippen LogP contribution >= 0.6 is 0 Å². The second kappa shape index (κ2) is 6.76. The highest BCUT2D eigenvalue weighted by Gasteiger charge is 2.19. The summed E-state index contributed by atoms with van der Waals surface area (Å²) in [6, 6.07) is 7.81. The van der Waals surface area contributed by atoms with Crippen molar-refractivity contribution in [2.45, 2.75) is 6.54 Å². The highest BCUT2D eigenvalue weighted by atomic mass is 15.4. The van der Waals surface area contributed by atoms with Gasteiger partial charge in [0.15, 0.2) is 5.96 Å². The van der Waals surface area contributed by atoms with Crippen molar-refractivity contribution in [3.63, 3.8) is 0 Å². The minimum Gasteiger partial charge on any atom is -0.370 e. The molecule has 0 saturated carbocycles. The van der Waals surface area contributed by atoms with Gasteiger partial charge in [0.25, 0.3) is 0 Å². The number of guanidine groups is 1. The van der Waals surface area contributed by atoms with Crippen LogP contribution in [0.5, 0.6) is 0 Å². The highest BCUT2D eigenvalue weighted by Crippen LogP contribution is 2.12. The third kappa shape index (κ3) is 3.23. The zero-order valence-corrected chi connectivity index (χ0v) is 13.9. The smallest absolute Gasteiger partial charge is 0.225 e. The quantitative estimate of drug-likeness (QED) is 0.561. The number of hydrogen-bond acceptors (Lipinski definition) is 5. The summed E-state index contributed by atoms with van der Waals surface area (Å²) in [6.45, 7) is 3.81. The van der Waals surface area contributed by atoms with Gasteiger partial charge in [-0.25, -0.2) is 19.5 Å². The van der Waals surface area contributed by atoms with Crippen molar-refractivity contribution in [2.75, 3.05) is 31.1 Å². The Labute approximate surface area is 145 Å². The summed E-state index contributed by atoms with van der Waals surface area (Å²) in [6.07, 6.45) is 7.30. The standard InChI is InChI=1S/C17H20N8/c18-16(21-12-14-13-22-25-7-2-1-4-15(14)25)23-8-10-24(11-9-23)17-19-5-3-6-20-17/h1-7,13H,8-12H2,(H2,18,21). The molecule has 25 heavy (non-hydrogen) atoms. The number of aliphatic imine (C=N–C) groups is 1. The Bertz CT molecular complexity index is 864. The Balaban J connectivity index is 1.38. The van der Waals surface area contributed by atoms with Crippen molar-refractivity contribution >= 4 is 17.4 Å². The molecule has 0 aliphatic carbocycles. The zero-order valence-electron chi connectivity index (χ0n) is 13.9. The summed E-state index contributed by atoms with van der Waals surface area (Å²) in [5, 5.41) is 4.33. The molecule has 8 heteroatoms. The largest absolute Gasteiger partial charge is 0.370 e. The van der Waals surface area contributed by atoms with E-state index in [0.717, 1.165) is 43.2 Å². The fourth-order valence-corrected chi connectivity index (χ4v) is 2.97. The molecule has 3 aromatic heterocycles. The van der Waals surface area contributed by atoms with Crippen LogP contribution in [0.25, 0.3) is 5.52 Å². The fraction of sp³-hybridized carbons (Fsp3) is 0.294. The molecule has 0 unspecified atom stereocenters. The van der Waals surface area contributed by atoms with Crippen molar-refractivity contribution in [3.05, 3.63) is 54.6 Å². The van der Waals surface area contributed by atoms with Crippen LogP contribution in [0.1, 0.15) is 5.56 Å². The van der Waals surface area contributed by atoms with Gasteiger partial charge in [0.2, 0.25) is 5.95 Å². The zero-order chi connectivity index (χ0) is 17.1. The molecule has 0 amide bonds. The summed E-state index contributed by atoms with van der Waals surface area (Å²) in [5.74, 6) is 1.34. The number of nitrogens with zero attached hydrogens (tertiary/aromatic N) is 7. The molecular formula is C17H20N8. The predicted molar refractivity (Wildman–Crippen MR) is 96.3 cm³/mol. The molecule has 4 heterocycles. The summed E-state index contributed by atoms with van der Waals surface area (Å²) < 4.78 is 1.85. The molecule has 0 aromatic carbocycles. The predicted octanol–water partition coefficient (Wildman–Crippen LogP) is 0.761. The molecule has 2 N–H and O–H groups in total. The number of anilines is 1. The van der Waals surface area contributed by atoms with Crippen LogP contribution in [0.3, 0.4) is 0 Å². The molecule has 1 aliphatic rings. The minimum absolute atomic E-state index is 0.529. The molecular weight excluding hydrogens is 316 g/mol. The first-order chi connectivity index (χ1) is 12.3. The first kappa shape index (κ1) is 15.4. The SMILES string of the molecule is NC(=NCc1cnn2ccccc12)N1CCN(c2ncccn2)CC1. The first-order valence-electron chi connectivity index (χ1n) is 8.29. The van der Waals surface area contributed by atoms with Crippen molar-refractivity contribution in [3.8, 4) is 0 Å². The van der Waals surface area contributed by atoms with E-state index in [9.17, 15) is 0 Å². The van der Waals surface area contributed by atoms with E-state index in [1.54, 1.807) is 12.4 Å². The van der Waals surface area contributed by atoms with Crippen LogP contribution in [0.15, 0.2) is 54.0 Å². The number of fused-ring (bicyclic) bond motifs is 1. The monoisotopic (exact) mass is 336 g/mol. The Morgan fingerprint density at radius 3 is 2.68 bits per heavy atom. The molecule has 1 fully saturated rings. The van der Waals surface area contributed by atoms with Crippen LogP contribution in [0.2, 0.25) is 0 Å². The van der Waals surface area contributed by atoms with Crippen LogP contribution in [-0.2, 0) is 6.54 Å². The summed E-state index contributed by atoms with van der Waals surface area (Å²) >= 11 is 0. The molecule has 0 bridgehead atoms. The molecule has 4 rings (SSSR count). The number of nitrogens with two attached hydrogens (primary N) is 1. The average molecular weight is 336 g/mol. The van der Waals surface area contributed by atoms with Gasteiger partial charge in [0.05, 0.1) is 18.3 Å². The number of pyridine rings is 1. The maximum atomic E-state index is 6.19. The van der Waals surface area contributed by atoms with Crippen LogP contribution in [0.4, 0.5) is 5.95 Å². The number of piperazine rings is 1. The Morgan fingerprint density at radius 1 is 1.08 bits per heavy atom. The summed E-state index contributed by atoms with van der Waals surface area (Å²) in [4.78, 5) is 17.4. The van der Waals surface area contributed by atoms with E-state index in [0.29, 0.717) is 12.5 Å². The van der Waals surface area contributed by atoms with E-state index in [2.05, 4.69) is 29.9 Å². The van der Waals surface area contributed by atoms with Crippen LogP contribution < -0.4 is 10.6 Å². The lowest BCUT2D eigenvalue weighted by molar-refractivity contribution is 0.378. The van der Waals surface area contributed by atoms with Gasteiger partial charge in [0.1, 0.15) is 0 Å². The van der Waals surface area contributed by atoms with E-state index < -0.39 is 0 Å². The molecule has 0 radical (unpaired) electrons. The van der Waals surface area contributed by atoms with Crippen LogP contribution in [0, 0.1) is 0 Å². The second-order valence-corrected chi connectivity index (χ2v) is 5.90. The maximum Gasteiger partial charge on any atom is 0.225 e. The van der Waals surface area contributed by atoms with E-state index in [1.165, 1.54) is 0 Å². The third-order valence-corrected chi connectivity index (χ3v) is 4.36. The van der Waals surface area contributed by atoms with Crippen molar-refractivity contribution in [1.82, 2.24) is 24.5 Å². The molecule has 3 aromatic rings. The minimum atomic E-state index is 0.529. The van der Waals surface area contributed by atoms with Gasteiger partial charge < -0.3 is 15.5 Å². The first-order valence-corrected chi connectivity index (χ1v) is 8.29. The van der Waals surface area contributed by atoms with E-state index >= 15 is 0 Å². The van der Waals surface area contributed by atoms with Gasteiger partial charge in [-0.3, -0.25) is 0 Å². The summed E-state index contributed by atoms with van der Waals surface area (Å²) in [7, 11) is 0. The van der Waals surface area contributed by atoms with Crippen molar-refractivity contribution in [2.24, 2.45) is 10.7 Å². The average Bonchev–Trinajstić information content (AvgIpc) is 3.10. The van der Waals surface area contributed by atoms with Crippen molar-refractivity contribution < 1.29 is 0 Å². The maximum absolute atomic E-state index is 6.19. The lowest BCUT2D eigenvalue weighted by atomic mass is 10.2. The fourth-order valence-electron chi connectivity index (χ4n) is 2.97. The molecule has 128 valence electrons. The van der Waals surface area contributed by atoms with Gasteiger partial charge >= 0.3 is 0 Å². The molecule has 0 atom stereocenters.